The first-order valence-electron chi connectivity index (χ1n) is 8.38. The number of carbonyl (C=O) groups excluding carboxylic acids is 2. The van der Waals surface area contributed by atoms with Gasteiger partial charge in [-0.1, -0.05) is 39.0 Å². The molecule has 0 aliphatic carbocycles. The Morgan fingerprint density at radius 3 is 2.52 bits per heavy atom. The van der Waals surface area contributed by atoms with E-state index in [1.807, 2.05) is 45.0 Å². The molecule has 1 atom stereocenters. The summed E-state index contributed by atoms with van der Waals surface area (Å²) in [5.74, 6) is -1.60. The largest absolute Gasteiger partial charge is 0.369 e. The summed E-state index contributed by atoms with van der Waals surface area (Å²) in [6.07, 6.45) is 3.54. The van der Waals surface area contributed by atoms with E-state index in [-0.39, 0.29) is 5.69 Å². The van der Waals surface area contributed by atoms with Gasteiger partial charge in [-0.15, -0.1) is 6.58 Å². The normalized spacial score (nSPS) is 12.9. The van der Waals surface area contributed by atoms with E-state index in [1.165, 1.54) is 0 Å². The van der Waals surface area contributed by atoms with E-state index >= 15 is 0 Å². The number of amides is 2. The molecule has 2 amide bonds. The fraction of sp³-hybridized carbons (Fsp3) is 0.421. The van der Waals surface area contributed by atoms with Crippen molar-refractivity contribution in [1.29, 1.82) is 0 Å². The third-order valence-corrected chi connectivity index (χ3v) is 4.28. The molecule has 0 aliphatic heterocycles. The van der Waals surface area contributed by atoms with Crippen molar-refractivity contribution in [2.45, 2.75) is 46.1 Å². The number of allylic oxidation sites excluding steroid dienone is 1. The van der Waals surface area contributed by atoms with Crippen LogP contribution in [0.4, 0.5) is 0 Å². The maximum absolute atomic E-state index is 12.2. The zero-order valence-electron chi connectivity index (χ0n) is 15.1. The highest BCUT2D eigenvalue weighted by Crippen LogP contribution is 2.39. The smallest absolute Gasteiger partial charge is 0.269 e. The van der Waals surface area contributed by atoms with Crippen LogP contribution in [0.25, 0.3) is 10.9 Å². The topological polar surface area (TPSA) is 104 Å². The zero-order chi connectivity index (χ0) is 18.8. The number of aromatic nitrogens is 2. The summed E-state index contributed by atoms with van der Waals surface area (Å²) < 4.78 is 1.77. The molecule has 0 saturated carbocycles. The van der Waals surface area contributed by atoms with Gasteiger partial charge in [-0.3, -0.25) is 14.3 Å². The van der Waals surface area contributed by atoms with Crippen molar-refractivity contribution < 1.29 is 9.59 Å². The van der Waals surface area contributed by atoms with Crippen LogP contribution in [0.2, 0.25) is 0 Å². The number of benzene rings is 1. The minimum atomic E-state index is -0.614. The summed E-state index contributed by atoms with van der Waals surface area (Å²) in [6.45, 7) is 10.2. The molecule has 0 radical (unpaired) electrons. The maximum Gasteiger partial charge on any atom is 0.269 e. The fourth-order valence-electron chi connectivity index (χ4n) is 3.27. The number of rotatable bonds is 7. The Kier molecular flexibility index (Phi) is 5.30. The molecule has 6 nitrogen and oxygen atoms in total. The van der Waals surface area contributed by atoms with Crippen molar-refractivity contribution in [2.24, 2.45) is 16.9 Å². The Hall–Kier alpha value is -2.63. The molecule has 0 aliphatic rings. The molecule has 4 N–H and O–H groups in total. The van der Waals surface area contributed by atoms with Gasteiger partial charge in [0.05, 0.1) is 11.4 Å². The van der Waals surface area contributed by atoms with Gasteiger partial charge in [-0.25, -0.2) is 0 Å². The summed E-state index contributed by atoms with van der Waals surface area (Å²) in [5, 5.41) is 5.02. The predicted octanol–water partition coefficient (Wildman–Crippen LogP) is 2.72. The van der Waals surface area contributed by atoms with E-state index in [2.05, 4.69) is 11.7 Å². The second-order valence-electron chi connectivity index (χ2n) is 7.31. The molecule has 0 spiro atoms. The van der Waals surface area contributed by atoms with Crippen molar-refractivity contribution in [3.05, 3.63) is 42.1 Å². The number of aryl methyl sites for hydroxylation is 1. The van der Waals surface area contributed by atoms with Crippen LogP contribution < -0.4 is 11.5 Å². The monoisotopic (exact) mass is 342 g/mol. The Morgan fingerprint density at radius 2 is 2.00 bits per heavy atom. The van der Waals surface area contributed by atoms with Gasteiger partial charge in [0.1, 0.15) is 0 Å². The predicted molar refractivity (Wildman–Crippen MR) is 99.1 cm³/mol. The number of nitrogens with zero attached hydrogens (tertiary/aromatic N) is 2. The van der Waals surface area contributed by atoms with Crippen LogP contribution in [0.15, 0.2) is 30.9 Å². The fourth-order valence-corrected chi connectivity index (χ4v) is 3.27. The van der Waals surface area contributed by atoms with Gasteiger partial charge in [0.2, 0.25) is 5.91 Å². The van der Waals surface area contributed by atoms with Gasteiger partial charge >= 0.3 is 0 Å². The molecule has 1 unspecified atom stereocenters. The molecule has 0 fully saturated rings. The minimum Gasteiger partial charge on any atom is -0.369 e. The first kappa shape index (κ1) is 18.7. The van der Waals surface area contributed by atoms with Gasteiger partial charge < -0.3 is 11.5 Å². The maximum atomic E-state index is 12.2. The lowest BCUT2D eigenvalue weighted by molar-refractivity contribution is -0.121. The first-order valence-corrected chi connectivity index (χ1v) is 8.38. The highest BCUT2D eigenvalue weighted by Gasteiger charge is 2.34. The van der Waals surface area contributed by atoms with Crippen molar-refractivity contribution in [2.75, 3.05) is 0 Å². The highest BCUT2D eigenvalue weighted by atomic mass is 16.1. The van der Waals surface area contributed by atoms with Gasteiger partial charge in [0.25, 0.3) is 5.91 Å². The van der Waals surface area contributed by atoms with Crippen LogP contribution in [0.3, 0.4) is 0 Å². The Bertz CT molecular complexity index is 815. The summed E-state index contributed by atoms with van der Waals surface area (Å²) in [4.78, 5) is 24.1. The first-order chi connectivity index (χ1) is 11.7. The minimum absolute atomic E-state index is 0.180. The molecule has 0 saturated heterocycles. The average molecular weight is 342 g/mol. The lowest BCUT2D eigenvalue weighted by Gasteiger charge is -2.29. The number of hydrogen-bond donors (Lipinski definition) is 2. The van der Waals surface area contributed by atoms with Crippen LogP contribution in [0.5, 0.6) is 0 Å². The number of primary amides is 2. The second-order valence-corrected chi connectivity index (χ2v) is 7.31. The van der Waals surface area contributed by atoms with E-state index in [9.17, 15) is 9.59 Å². The second kappa shape index (κ2) is 7.09. The van der Waals surface area contributed by atoms with Crippen LogP contribution >= 0.6 is 0 Å². The summed E-state index contributed by atoms with van der Waals surface area (Å²) in [7, 11) is 0. The number of hydrogen-bond acceptors (Lipinski definition) is 3. The van der Waals surface area contributed by atoms with Crippen molar-refractivity contribution in [1.82, 2.24) is 9.78 Å². The Labute approximate surface area is 147 Å². The molecule has 1 aromatic carbocycles. The van der Waals surface area contributed by atoms with Crippen LogP contribution in [0.1, 0.15) is 55.6 Å². The number of carbonyl (C=O) groups is 2. The van der Waals surface area contributed by atoms with Crippen LogP contribution in [-0.4, -0.2) is 21.6 Å². The van der Waals surface area contributed by atoms with Gasteiger partial charge in [0.15, 0.2) is 5.69 Å². The number of fused-ring (bicyclic) bond motifs is 1. The van der Waals surface area contributed by atoms with Crippen molar-refractivity contribution in [3.8, 4) is 0 Å². The molecular weight excluding hydrogens is 316 g/mol. The molecule has 2 rings (SSSR count). The van der Waals surface area contributed by atoms with Gasteiger partial charge in [0, 0.05) is 11.9 Å². The highest BCUT2D eigenvalue weighted by molar-refractivity contribution is 6.06. The molecule has 25 heavy (non-hydrogen) atoms. The standard InChI is InChI=1S/C19H26N4O2/c1-5-6-7-11-23-13-10-8-9-12(14(13)16(22-23)18(21)25)15(17(20)24)19(2,3)4/h5,8-10,15H,1,6-7,11H2,2-4H3,(H2,20,24)(H2,21,25). The van der Waals surface area contributed by atoms with Crippen molar-refractivity contribution >= 4 is 22.7 Å². The van der Waals surface area contributed by atoms with Crippen LogP contribution in [-0.2, 0) is 11.3 Å². The number of unbranched alkanes of at least 4 members (excludes halogenated alkanes) is 1. The van der Waals surface area contributed by atoms with E-state index in [0.29, 0.717) is 17.5 Å². The molecule has 134 valence electrons. The Morgan fingerprint density at radius 1 is 1.32 bits per heavy atom. The van der Waals surface area contributed by atoms with E-state index in [1.54, 1.807) is 4.68 Å². The summed E-state index contributed by atoms with van der Waals surface area (Å²) in [6, 6.07) is 5.56. The number of nitrogens with two attached hydrogens (primary N) is 2. The van der Waals surface area contributed by atoms with Gasteiger partial charge in [-0.05, 0) is 29.9 Å². The van der Waals surface area contributed by atoms with E-state index < -0.39 is 23.1 Å². The average Bonchev–Trinajstić information content (AvgIpc) is 2.86. The molecule has 1 heterocycles. The summed E-state index contributed by atoms with van der Waals surface area (Å²) >= 11 is 0. The van der Waals surface area contributed by atoms with Gasteiger partial charge in [-0.2, -0.15) is 5.10 Å². The molecule has 0 bridgehead atoms. The quantitative estimate of drug-likeness (QED) is 0.597. The van der Waals surface area contributed by atoms with E-state index in [4.69, 9.17) is 11.5 Å². The Balaban J connectivity index is 2.72. The van der Waals surface area contributed by atoms with Crippen molar-refractivity contribution in [3.63, 3.8) is 0 Å². The molecule has 2 aromatic rings. The molecule has 6 heteroatoms. The third kappa shape index (κ3) is 3.73. The molecule has 1 aromatic heterocycles. The summed E-state index contributed by atoms with van der Waals surface area (Å²) in [5.41, 5.74) is 12.5. The van der Waals surface area contributed by atoms with E-state index in [0.717, 1.165) is 18.4 Å². The lowest BCUT2D eigenvalue weighted by Crippen LogP contribution is -2.32. The zero-order valence-corrected chi connectivity index (χ0v) is 15.1. The third-order valence-electron chi connectivity index (χ3n) is 4.28. The lowest BCUT2D eigenvalue weighted by atomic mass is 9.75. The SMILES string of the molecule is C=CCCCn1nc(C(N)=O)c2c(C(C(N)=O)C(C)(C)C)cccc21. The van der Waals surface area contributed by atoms with Crippen LogP contribution in [0, 0.1) is 5.41 Å². The molecular formula is C19H26N4O2.